The summed E-state index contributed by atoms with van der Waals surface area (Å²) in [5.74, 6) is 1.67. The van der Waals surface area contributed by atoms with E-state index in [2.05, 4.69) is 25.4 Å². The minimum Gasteiger partial charge on any atom is -0.383 e. The zero-order valence-corrected chi connectivity index (χ0v) is 20.5. The minimum atomic E-state index is -0.213. The summed E-state index contributed by atoms with van der Waals surface area (Å²) >= 11 is 6.42. The Morgan fingerprint density at radius 3 is 2.61 bits per heavy atom. The van der Waals surface area contributed by atoms with Gasteiger partial charge in [0.2, 0.25) is 0 Å². The third kappa shape index (κ3) is 4.27. The van der Waals surface area contributed by atoms with Gasteiger partial charge in [-0.15, -0.1) is 0 Å². The number of nitrogens with one attached hydrogen (secondary N) is 1. The predicted octanol–water partition coefficient (Wildman–Crippen LogP) is 3.81. The van der Waals surface area contributed by atoms with Crippen LogP contribution in [0.5, 0.6) is 0 Å². The predicted molar refractivity (Wildman–Crippen MR) is 140 cm³/mol. The van der Waals surface area contributed by atoms with E-state index in [1.165, 1.54) is 6.33 Å². The van der Waals surface area contributed by atoms with Gasteiger partial charge in [-0.25, -0.2) is 19.9 Å². The number of nitrogens with two attached hydrogens (primary N) is 1. The van der Waals surface area contributed by atoms with Gasteiger partial charge in [-0.05, 0) is 30.7 Å². The van der Waals surface area contributed by atoms with Gasteiger partial charge in [-0.1, -0.05) is 42.8 Å². The number of aryl methyl sites for hydroxylation is 1. The molecule has 0 saturated carbocycles. The van der Waals surface area contributed by atoms with Crippen molar-refractivity contribution >= 4 is 34.1 Å². The molecule has 0 aliphatic rings. The van der Waals surface area contributed by atoms with Gasteiger partial charge in [0, 0.05) is 19.5 Å². The molecule has 10 nitrogen and oxygen atoms in total. The molecule has 1 unspecified atom stereocenters. The summed E-state index contributed by atoms with van der Waals surface area (Å²) in [5.41, 5.74) is 7.74. The van der Waals surface area contributed by atoms with E-state index in [0.717, 1.165) is 5.69 Å². The van der Waals surface area contributed by atoms with E-state index < -0.39 is 0 Å². The number of nitrogen functional groups attached to an aromatic ring is 1. The van der Waals surface area contributed by atoms with Crippen molar-refractivity contribution in [3.63, 3.8) is 0 Å². The summed E-state index contributed by atoms with van der Waals surface area (Å²) in [4.78, 5) is 31.4. The molecule has 11 heteroatoms. The number of rotatable bonds is 7. The topological polar surface area (TPSA) is 129 Å². The largest absolute Gasteiger partial charge is 0.383 e. The van der Waals surface area contributed by atoms with Crippen LogP contribution >= 0.6 is 11.6 Å². The fourth-order valence-corrected chi connectivity index (χ4v) is 4.40. The quantitative estimate of drug-likeness (QED) is 0.344. The summed E-state index contributed by atoms with van der Waals surface area (Å²) in [6, 6.07) is 14.7. The number of fused-ring (bicyclic) bond motifs is 1. The van der Waals surface area contributed by atoms with E-state index in [0.29, 0.717) is 51.9 Å². The van der Waals surface area contributed by atoms with Crippen LogP contribution in [0.1, 0.15) is 25.1 Å². The Hall–Kier alpha value is -4.31. The average molecular weight is 502 g/mol. The third-order valence-electron chi connectivity index (χ3n) is 5.96. The number of anilines is 2. The SMILES string of the molecule is CCC(CNc1ncnc(N)c1-c1ncn(C)n1)c1nc2cccc(Cl)c2c(=O)n1-c1ccccc1. The number of para-hydroxylation sites is 1. The lowest BCUT2D eigenvalue weighted by Crippen LogP contribution is -2.28. The molecule has 0 bridgehead atoms. The van der Waals surface area contributed by atoms with Crippen LogP contribution in [0.15, 0.2) is 66.0 Å². The highest BCUT2D eigenvalue weighted by atomic mass is 35.5. The molecule has 0 spiro atoms. The molecular weight excluding hydrogens is 478 g/mol. The van der Waals surface area contributed by atoms with E-state index in [-0.39, 0.29) is 17.3 Å². The van der Waals surface area contributed by atoms with Crippen LogP contribution in [-0.4, -0.2) is 40.8 Å². The summed E-state index contributed by atoms with van der Waals surface area (Å²) in [6.07, 6.45) is 3.68. The molecule has 1 atom stereocenters. The zero-order valence-electron chi connectivity index (χ0n) is 19.8. The number of nitrogens with zero attached hydrogens (tertiary/aromatic N) is 7. The molecule has 3 N–H and O–H groups in total. The normalized spacial score (nSPS) is 12.1. The third-order valence-corrected chi connectivity index (χ3v) is 6.28. The molecule has 182 valence electrons. The number of hydrogen-bond donors (Lipinski definition) is 2. The molecule has 0 fully saturated rings. The number of benzene rings is 2. The molecule has 0 aliphatic carbocycles. The lowest BCUT2D eigenvalue weighted by atomic mass is 10.0. The molecule has 0 saturated heterocycles. The molecule has 2 aromatic carbocycles. The van der Waals surface area contributed by atoms with E-state index in [1.54, 1.807) is 40.8 Å². The lowest BCUT2D eigenvalue weighted by molar-refractivity contribution is 0.622. The molecular formula is C25H24ClN9O. The first-order chi connectivity index (χ1) is 17.5. The standard InChI is InChI=1S/C25H24ClN9O/c1-3-15(12-28-22-20(21(27)29-13-30-22)23-31-14-34(2)33-23)24-32-18-11-7-10-17(26)19(18)25(36)35(24)16-8-5-4-6-9-16/h4-11,13-15H,3,12H2,1-2H3,(H3,27,28,29,30). The van der Waals surface area contributed by atoms with Crippen molar-refractivity contribution in [3.8, 4) is 17.1 Å². The monoisotopic (exact) mass is 501 g/mol. The Balaban J connectivity index is 1.59. The van der Waals surface area contributed by atoms with E-state index >= 15 is 0 Å². The molecule has 0 aliphatic heterocycles. The van der Waals surface area contributed by atoms with Crippen molar-refractivity contribution in [2.24, 2.45) is 7.05 Å². The van der Waals surface area contributed by atoms with E-state index in [9.17, 15) is 4.79 Å². The highest BCUT2D eigenvalue weighted by Gasteiger charge is 2.23. The molecule has 36 heavy (non-hydrogen) atoms. The van der Waals surface area contributed by atoms with Crippen molar-refractivity contribution in [1.82, 2.24) is 34.3 Å². The Morgan fingerprint density at radius 2 is 1.89 bits per heavy atom. The lowest BCUT2D eigenvalue weighted by Gasteiger charge is -2.22. The number of hydrogen-bond acceptors (Lipinski definition) is 8. The van der Waals surface area contributed by atoms with Gasteiger partial charge in [-0.2, -0.15) is 5.10 Å². The molecule has 0 amide bonds. The van der Waals surface area contributed by atoms with Crippen molar-refractivity contribution in [3.05, 3.63) is 82.4 Å². The first-order valence-corrected chi connectivity index (χ1v) is 11.8. The maximum absolute atomic E-state index is 13.7. The zero-order chi connectivity index (χ0) is 25.2. The van der Waals surface area contributed by atoms with Gasteiger partial charge in [0.1, 0.15) is 35.7 Å². The van der Waals surface area contributed by atoms with Gasteiger partial charge >= 0.3 is 0 Å². The first-order valence-electron chi connectivity index (χ1n) is 11.4. The first kappa shape index (κ1) is 23.4. The molecule has 3 heterocycles. The molecule has 3 aromatic heterocycles. The van der Waals surface area contributed by atoms with Gasteiger partial charge in [0.15, 0.2) is 5.82 Å². The van der Waals surface area contributed by atoms with Crippen LogP contribution in [0.3, 0.4) is 0 Å². The Kier molecular flexibility index (Phi) is 6.34. The van der Waals surface area contributed by atoms with Gasteiger partial charge in [0.05, 0.1) is 21.6 Å². The molecule has 5 rings (SSSR count). The summed E-state index contributed by atoms with van der Waals surface area (Å²) in [5, 5.41) is 8.48. The number of aromatic nitrogens is 7. The fraction of sp³-hybridized carbons (Fsp3) is 0.200. The second-order valence-corrected chi connectivity index (χ2v) is 8.70. The van der Waals surface area contributed by atoms with Crippen molar-refractivity contribution in [1.29, 1.82) is 0 Å². The van der Waals surface area contributed by atoms with Crippen LogP contribution in [-0.2, 0) is 7.05 Å². The van der Waals surface area contributed by atoms with Crippen LogP contribution in [0.25, 0.3) is 28.0 Å². The van der Waals surface area contributed by atoms with Gasteiger partial charge in [0.25, 0.3) is 5.56 Å². The highest BCUT2D eigenvalue weighted by Crippen LogP contribution is 2.29. The maximum atomic E-state index is 13.7. The van der Waals surface area contributed by atoms with Crippen molar-refractivity contribution < 1.29 is 0 Å². The number of halogens is 1. The van der Waals surface area contributed by atoms with E-state index in [1.807, 2.05) is 37.3 Å². The van der Waals surface area contributed by atoms with Crippen LogP contribution in [0, 0.1) is 0 Å². The maximum Gasteiger partial charge on any atom is 0.267 e. The molecule has 0 radical (unpaired) electrons. The average Bonchev–Trinajstić information content (AvgIpc) is 3.30. The second kappa shape index (κ2) is 9.74. The van der Waals surface area contributed by atoms with Crippen LogP contribution in [0.2, 0.25) is 5.02 Å². The van der Waals surface area contributed by atoms with Gasteiger partial charge in [-0.3, -0.25) is 14.0 Å². The fourth-order valence-electron chi connectivity index (χ4n) is 4.15. The Labute approximate surface area is 211 Å². The Morgan fingerprint density at radius 1 is 1.08 bits per heavy atom. The Bertz CT molecular complexity index is 1600. The smallest absolute Gasteiger partial charge is 0.267 e. The van der Waals surface area contributed by atoms with Gasteiger partial charge < -0.3 is 11.1 Å². The van der Waals surface area contributed by atoms with Crippen molar-refractivity contribution in [2.45, 2.75) is 19.3 Å². The highest BCUT2D eigenvalue weighted by molar-refractivity contribution is 6.35. The minimum absolute atomic E-state index is 0.151. The van der Waals surface area contributed by atoms with Crippen LogP contribution < -0.4 is 16.6 Å². The van der Waals surface area contributed by atoms with Crippen LogP contribution in [0.4, 0.5) is 11.6 Å². The molecule has 5 aromatic rings. The second-order valence-electron chi connectivity index (χ2n) is 8.29. The van der Waals surface area contributed by atoms with Crippen molar-refractivity contribution in [2.75, 3.05) is 17.6 Å². The van der Waals surface area contributed by atoms with E-state index in [4.69, 9.17) is 22.3 Å². The summed E-state index contributed by atoms with van der Waals surface area (Å²) in [6.45, 7) is 2.48. The summed E-state index contributed by atoms with van der Waals surface area (Å²) in [7, 11) is 1.77. The summed E-state index contributed by atoms with van der Waals surface area (Å²) < 4.78 is 3.22.